The zero-order valence-corrected chi connectivity index (χ0v) is 15.3. The predicted octanol–water partition coefficient (Wildman–Crippen LogP) is 3.22. The normalized spacial score (nSPS) is 17.7. The third-order valence-corrected chi connectivity index (χ3v) is 4.28. The van der Waals surface area contributed by atoms with Crippen LogP contribution >= 0.6 is 11.6 Å². The van der Waals surface area contributed by atoms with Crippen LogP contribution in [-0.4, -0.2) is 55.1 Å². The molecule has 2 aromatic heterocycles. The van der Waals surface area contributed by atoms with E-state index in [4.69, 9.17) is 16.3 Å². The van der Waals surface area contributed by atoms with E-state index in [-0.39, 0.29) is 24.5 Å². The number of hydrogen-bond donors (Lipinski definition) is 0. The van der Waals surface area contributed by atoms with Gasteiger partial charge in [0.05, 0.1) is 12.9 Å². The first-order valence-electron chi connectivity index (χ1n) is 8.16. The van der Waals surface area contributed by atoms with Crippen LogP contribution in [0.15, 0.2) is 12.4 Å². The highest BCUT2D eigenvalue weighted by atomic mass is 35.5. The molecule has 136 valence electrons. The van der Waals surface area contributed by atoms with Crippen molar-refractivity contribution >= 4 is 28.9 Å². The predicted molar refractivity (Wildman–Crippen MR) is 91.2 cm³/mol. The molecular formula is C16H21ClFN5O2. The summed E-state index contributed by atoms with van der Waals surface area (Å²) in [6.07, 6.45) is 1.60. The van der Waals surface area contributed by atoms with Crippen molar-refractivity contribution in [1.29, 1.82) is 0 Å². The number of aromatic nitrogens is 4. The van der Waals surface area contributed by atoms with Crippen LogP contribution in [0.5, 0.6) is 0 Å². The van der Waals surface area contributed by atoms with E-state index in [1.54, 1.807) is 15.5 Å². The molecule has 2 aromatic rings. The van der Waals surface area contributed by atoms with E-state index in [1.807, 2.05) is 20.8 Å². The molecule has 1 saturated heterocycles. The van der Waals surface area contributed by atoms with Crippen molar-refractivity contribution in [3.63, 3.8) is 0 Å². The van der Waals surface area contributed by atoms with Crippen molar-refractivity contribution in [1.82, 2.24) is 24.6 Å². The maximum atomic E-state index is 15.2. The van der Waals surface area contributed by atoms with Crippen LogP contribution < -0.4 is 0 Å². The zero-order valence-electron chi connectivity index (χ0n) is 14.5. The van der Waals surface area contributed by atoms with Crippen LogP contribution in [0.1, 0.15) is 33.6 Å². The first-order valence-corrected chi connectivity index (χ1v) is 8.54. The van der Waals surface area contributed by atoms with Crippen LogP contribution in [0.3, 0.4) is 0 Å². The maximum Gasteiger partial charge on any atom is 0.410 e. The Hall–Kier alpha value is -1.96. The average Bonchev–Trinajstić information content (AvgIpc) is 2.87. The molecule has 3 heterocycles. The lowest BCUT2D eigenvalue weighted by molar-refractivity contribution is -0.000334. The quantitative estimate of drug-likeness (QED) is 0.812. The number of alkyl halides is 1. The topological polar surface area (TPSA) is 73.1 Å². The molecule has 7 nitrogen and oxygen atoms in total. The number of ether oxygens (including phenoxy) is 1. The number of nitrogens with zero attached hydrogens (tertiary/aromatic N) is 5. The van der Waals surface area contributed by atoms with Crippen molar-refractivity contribution in [3.05, 3.63) is 17.5 Å². The number of amides is 1. The largest absolute Gasteiger partial charge is 0.444 e. The Kier molecular flexibility index (Phi) is 4.57. The molecule has 3 rings (SSSR count). The van der Waals surface area contributed by atoms with Crippen molar-refractivity contribution in [2.45, 2.75) is 51.4 Å². The van der Waals surface area contributed by atoms with E-state index < -0.39 is 17.4 Å². The molecule has 0 saturated carbocycles. The van der Waals surface area contributed by atoms with Gasteiger partial charge < -0.3 is 14.2 Å². The van der Waals surface area contributed by atoms with Gasteiger partial charge in [-0.15, -0.1) is 10.2 Å². The molecule has 1 aliphatic rings. The van der Waals surface area contributed by atoms with E-state index in [0.29, 0.717) is 24.3 Å². The van der Waals surface area contributed by atoms with Gasteiger partial charge in [-0.2, -0.15) is 0 Å². The Morgan fingerprint density at radius 3 is 2.68 bits per heavy atom. The molecule has 0 N–H and O–H groups in total. The summed E-state index contributed by atoms with van der Waals surface area (Å²) in [6.45, 7) is 6.18. The molecule has 0 bridgehead atoms. The smallest absolute Gasteiger partial charge is 0.410 e. The lowest BCUT2D eigenvalue weighted by Crippen LogP contribution is -2.47. The molecular weight excluding hydrogens is 349 g/mol. The molecule has 9 heteroatoms. The van der Waals surface area contributed by atoms with E-state index in [1.165, 1.54) is 6.33 Å². The van der Waals surface area contributed by atoms with Gasteiger partial charge in [0.2, 0.25) is 0 Å². The molecule has 1 aliphatic heterocycles. The molecule has 0 aromatic carbocycles. The van der Waals surface area contributed by atoms with Crippen molar-refractivity contribution in [3.8, 4) is 0 Å². The average molecular weight is 370 g/mol. The van der Waals surface area contributed by atoms with Gasteiger partial charge in [0, 0.05) is 32.0 Å². The summed E-state index contributed by atoms with van der Waals surface area (Å²) in [5.41, 5.74) is -0.921. The fourth-order valence-electron chi connectivity index (χ4n) is 2.83. The van der Waals surface area contributed by atoms with Crippen molar-refractivity contribution in [2.75, 3.05) is 13.1 Å². The number of rotatable bonds is 2. The summed E-state index contributed by atoms with van der Waals surface area (Å²) in [6, 6.07) is 1.59. The second-order valence-electron chi connectivity index (χ2n) is 7.37. The Morgan fingerprint density at radius 1 is 1.36 bits per heavy atom. The minimum atomic E-state index is -1.44. The van der Waals surface area contributed by atoms with Gasteiger partial charge in [0.25, 0.3) is 0 Å². The van der Waals surface area contributed by atoms with Crippen molar-refractivity contribution in [2.24, 2.45) is 0 Å². The van der Waals surface area contributed by atoms with Gasteiger partial charge in [0.1, 0.15) is 16.8 Å². The minimum absolute atomic E-state index is 0.113. The number of imidazole rings is 1. The maximum absolute atomic E-state index is 15.2. The van der Waals surface area contributed by atoms with E-state index in [0.717, 1.165) is 0 Å². The molecule has 0 atom stereocenters. The fourth-order valence-corrected chi connectivity index (χ4v) is 2.98. The van der Waals surface area contributed by atoms with Crippen LogP contribution in [0.25, 0.3) is 11.2 Å². The Balaban J connectivity index is 1.65. The van der Waals surface area contributed by atoms with Crippen molar-refractivity contribution < 1.29 is 13.9 Å². The van der Waals surface area contributed by atoms with Gasteiger partial charge in [0.15, 0.2) is 10.8 Å². The van der Waals surface area contributed by atoms with E-state index in [2.05, 4.69) is 15.2 Å². The summed E-state index contributed by atoms with van der Waals surface area (Å²) >= 11 is 5.79. The summed E-state index contributed by atoms with van der Waals surface area (Å²) in [7, 11) is 0. The van der Waals surface area contributed by atoms with Gasteiger partial charge >= 0.3 is 6.09 Å². The Bertz CT molecular complexity index is 780. The number of likely N-dealkylation sites (tertiary alicyclic amines) is 1. The third kappa shape index (κ3) is 4.18. The number of fused-ring (bicyclic) bond motifs is 1. The molecule has 0 radical (unpaired) electrons. The van der Waals surface area contributed by atoms with Crippen LogP contribution in [0.4, 0.5) is 9.18 Å². The first-order chi connectivity index (χ1) is 11.7. The van der Waals surface area contributed by atoms with Gasteiger partial charge in [-0.3, -0.25) is 0 Å². The second kappa shape index (κ2) is 6.40. The summed E-state index contributed by atoms with van der Waals surface area (Å²) in [5, 5.41) is 8.02. The molecule has 0 aliphatic carbocycles. The highest BCUT2D eigenvalue weighted by molar-refractivity contribution is 6.29. The Labute approximate surface area is 150 Å². The van der Waals surface area contributed by atoms with E-state index in [9.17, 15) is 4.79 Å². The lowest BCUT2D eigenvalue weighted by Gasteiger charge is -2.37. The number of carbonyl (C=O) groups is 1. The first kappa shape index (κ1) is 17.8. The van der Waals surface area contributed by atoms with Crippen LogP contribution in [0.2, 0.25) is 5.15 Å². The number of piperidine rings is 1. The minimum Gasteiger partial charge on any atom is -0.444 e. The lowest BCUT2D eigenvalue weighted by atomic mass is 9.93. The second-order valence-corrected chi connectivity index (χ2v) is 7.75. The SMILES string of the molecule is CC(C)(C)OC(=O)N1CCC(F)(Cn2cnc3cc(Cl)nnc32)CC1. The zero-order chi connectivity index (χ0) is 18.2. The summed E-state index contributed by atoms with van der Waals surface area (Å²) in [4.78, 5) is 17.8. The molecule has 0 spiro atoms. The highest BCUT2D eigenvalue weighted by Crippen LogP contribution is 2.30. The number of carbonyl (C=O) groups excluding carboxylic acids is 1. The summed E-state index contributed by atoms with van der Waals surface area (Å²) in [5.74, 6) is 0. The van der Waals surface area contributed by atoms with Crippen LogP contribution in [-0.2, 0) is 11.3 Å². The number of halogens is 2. The fraction of sp³-hybridized carbons (Fsp3) is 0.625. The molecule has 1 fully saturated rings. The third-order valence-electron chi connectivity index (χ3n) is 4.10. The van der Waals surface area contributed by atoms with E-state index >= 15 is 4.39 Å². The van der Waals surface area contributed by atoms with Gasteiger partial charge in [-0.05, 0) is 20.8 Å². The van der Waals surface area contributed by atoms with Crippen LogP contribution in [0, 0.1) is 0 Å². The molecule has 25 heavy (non-hydrogen) atoms. The summed E-state index contributed by atoms with van der Waals surface area (Å²) < 4.78 is 22.2. The van der Waals surface area contributed by atoms with Gasteiger partial charge in [-0.25, -0.2) is 14.2 Å². The molecule has 0 unspecified atom stereocenters. The highest BCUT2D eigenvalue weighted by Gasteiger charge is 2.38. The van der Waals surface area contributed by atoms with Gasteiger partial charge in [-0.1, -0.05) is 11.6 Å². The standard InChI is InChI=1S/C16H21ClFN5O2/c1-15(2,3)25-14(24)22-6-4-16(18,5-7-22)9-23-10-19-11-8-12(17)20-21-13(11)23/h8,10H,4-7,9H2,1-3H3. The monoisotopic (exact) mass is 369 g/mol. The Morgan fingerprint density at radius 2 is 2.04 bits per heavy atom. The number of hydrogen-bond acceptors (Lipinski definition) is 5. The molecule has 1 amide bonds.